The van der Waals surface area contributed by atoms with Crippen LogP contribution in [0.2, 0.25) is 0 Å². The van der Waals surface area contributed by atoms with Crippen molar-refractivity contribution >= 4 is 33.2 Å². The minimum absolute atomic E-state index is 0.155. The Bertz CT molecular complexity index is 486. The first kappa shape index (κ1) is 12.9. The van der Waals surface area contributed by atoms with Gasteiger partial charge in [-0.3, -0.25) is 4.79 Å². The first-order valence-electron chi connectivity index (χ1n) is 6.81. The number of halogens is 1. The normalized spacial score (nSPS) is 22.9. The van der Waals surface area contributed by atoms with Crippen LogP contribution in [0.25, 0.3) is 0 Å². The molecule has 5 heteroatoms. The Morgan fingerprint density at radius 3 is 3.05 bits per heavy atom. The lowest BCUT2D eigenvalue weighted by atomic mass is 10.0. The monoisotopic (exact) mass is 323 g/mol. The lowest BCUT2D eigenvalue weighted by Gasteiger charge is -2.34. The second kappa shape index (κ2) is 5.51. The molecule has 2 aliphatic rings. The molecule has 2 heterocycles. The molecule has 1 aromatic carbocycles. The lowest BCUT2D eigenvalue weighted by Crippen LogP contribution is -2.49. The van der Waals surface area contributed by atoms with E-state index < -0.39 is 0 Å². The van der Waals surface area contributed by atoms with Crippen molar-refractivity contribution in [2.24, 2.45) is 0 Å². The third-order valence-corrected chi connectivity index (χ3v) is 4.29. The van der Waals surface area contributed by atoms with Gasteiger partial charge in [0.1, 0.15) is 0 Å². The molecule has 1 aromatic rings. The van der Waals surface area contributed by atoms with E-state index in [0.717, 1.165) is 35.4 Å². The van der Waals surface area contributed by atoms with Crippen molar-refractivity contribution in [1.29, 1.82) is 0 Å². The van der Waals surface area contributed by atoms with Crippen LogP contribution in [-0.2, 0) is 4.79 Å². The number of carbonyl (C=O) groups is 1. The Kier molecular flexibility index (Phi) is 3.75. The van der Waals surface area contributed by atoms with Crippen molar-refractivity contribution in [3.05, 3.63) is 22.7 Å². The van der Waals surface area contributed by atoms with Crippen LogP contribution >= 0.6 is 15.9 Å². The third-order valence-electron chi connectivity index (χ3n) is 3.80. The first-order chi connectivity index (χ1) is 9.24. The minimum atomic E-state index is 0.155. The molecule has 1 fully saturated rings. The standard InChI is InChI=1S/C14H18BrN3O/c15-10-4-5-13-12(7-10)17-8-14(19)18(13)9-11-3-1-2-6-16-11/h4-5,7,11,16-17H,1-3,6,8-9H2. The zero-order valence-electron chi connectivity index (χ0n) is 10.8. The van der Waals surface area contributed by atoms with Crippen LogP contribution in [-0.4, -0.2) is 31.6 Å². The van der Waals surface area contributed by atoms with E-state index in [1.807, 2.05) is 23.1 Å². The molecule has 2 aliphatic heterocycles. The molecule has 1 unspecified atom stereocenters. The van der Waals surface area contributed by atoms with Crippen LogP contribution < -0.4 is 15.5 Å². The average molecular weight is 324 g/mol. The molecular formula is C14H18BrN3O. The predicted octanol–water partition coefficient (Wildman–Crippen LogP) is 2.35. The van der Waals surface area contributed by atoms with Gasteiger partial charge in [0, 0.05) is 17.1 Å². The molecule has 0 bridgehead atoms. The molecule has 1 amide bonds. The van der Waals surface area contributed by atoms with E-state index in [1.54, 1.807) is 0 Å². The Labute approximate surface area is 121 Å². The summed E-state index contributed by atoms with van der Waals surface area (Å²) in [5.74, 6) is 0.155. The van der Waals surface area contributed by atoms with E-state index in [-0.39, 0.29) is 5.91 Å². The number of benzene rings is 1. The average Bonchev–Trinajstić information content (AvgIpc) is 2.43. The van der Waals surface area contributed by atoms with E-state index in [1.165, 1.54) is 12.8 Å². The zero-order valence-corrected chi connectivity index (χ0v) is 12.4. The van der Waals surface area contributed by atoms with Crippen molar-refractivity contribution in [1.82, 2.24) is 5.32 Å². The maximum Gasteiger partial charge on any atom is 0.246 e. The first-order valence-corrected chi connectivity index (χ1v) is 7.60. The van der Waals surface area contributed by atoms with Crippen molar-refractivity contribution in [2.45, 2.75) is 25.3 Å². The smallest absolute Gasteiger partial charge is 0.246 e. The van der Waals surface area contributed by atoms with Gasteiger partial charge in [0.2, 0.25) is 5.91 Å². The van der Waals surface area contributed by atoms with Crippen molar-refractivity contribution in [3.8, 4) is 0 Å². The van der Waals surface area contributed by atoms with Crippen LogP contribution in [0, 0.1) is 0 Å². The number of fused-ring (bicyclic) bond motifs is 1. The highest BCUT2D eigenvalue weighted by atomic mass is 79.9. The number of nitrogens with zero attached hydrogens (tertiary/aromatic N) is 1. The fourth-order valence-electron chi connectivity index (χ4n) is 2.79. The predicted molar refractivity (Wildman–Crippen MR) is 80.6 cm³/mol. The SMILES string of the molecule is O=C1CNc2cc(Br)ccc2N1CC1CCCCN1. The molecule has 0 aliphatic carbocycles. The zero-order chi connectivity index (χ0) is 13.2. The number of nitrogens with one attached hydrogen (secondary N) is 2. The number of hydrogen-bond donors (Lipinski definition) is 2. The molecule has 3 rings (SSSR count). The fourth-order valence-corrected chi connectivity index (χ4v) is 3.15. The van der Waals surface area contributed by atoms with Gasteiger partial charge in [-0.05, 0) is 37.6 Å². The molecule has 4 nitrogen and oxygen atoms in total. The molecule has 1 saturated heterocycles. The van der Waals surface area contributed by atoms with E-state index in [0.29, 0.717) is 12.6 Å². The summed E-state index contributed by atoms with van der Waals surface area (Å²) in [5.41, 5.74) is 2.02. The fraction of sp³-hybridized carbons (Fsp3) is 0.500. The van der Waals surface area contributed by atoms with Crippen molar-refractivity contribution in [3.63, 3.8) is 0 Å². The van der Waals surface area contributed by atoms with Gasteiger partial charge in [0.15, 0.2) is 0 Å². The van der Waals surface area contributed by atoms with Crippen LogP contribution in [0.3, 0.4) is 0 Å². The maximum atomic E-state index is 12.1. The van der Waals surface area contributed by atoms with Crippen molar-refractivity contribution < 1.29 is 4.79 Å². The minimum Gasteiger partial charge on any atom is -0.374 e. The topological polar surface area (TPSA) is 44.4 Å². The second-order valence-electron chi connectivity index (χ2n) is 5.17. The summed E-state index contributed by atoms with van der Waals surface area (Å²) in [6.45, 7) is 2.23. The summed E-state index contributed by atoms with van der Waals surface area (Å²) in [5, 5.41) is 6.68. The number of hydrogen-bond acceptors (Lipinski definition) is 3. The van der Waals surface area contributed by atoms with Gasteiger partial charge in [-0.2, -0.15) is 0 Å². The number of carbonyl (C=O) groups excluding carboxylic acids is 1. The Balaban J connectivity index is 1.82. The Hall–Kier alpha value is -1.07. The van der Waals surface area contributed by atoms with Gasteiger partial charge >= 0.3 is 0 Å². The molecule has 0 spiro atoms. The van der Waals surface area contributed by atoms with Gasteiger partial charge in [-0.1, -0.05) is 22.4 Å². The van der Waals surface area contributed by atoms with Crippen LogP contribution in [0.5, 0.6) is 0 Å². The van der Waals surface area contributed by atoms with Gasteiger partial charge in [-0.15, -0.1) is 0 Å². The van der Waals surface area contributed by atoms with E-state index in [4.69, 9.17) is 0 Å². The van der Waals surface area contributed by atoms with Gasteiger partial charge in [0.05, 0.1) is 17.9 Å². The Morgan fingerprint density at radius 1 is 1.37 bits per heavy atom. The highest BCUT2D eigenvalue weighted by Crippen LogP contribution is 2.32. The van der Waals surface area contributed by atoms with Gasteiger partial charge in [0.25, 0.3) is 0 Å². The highest BCUT2D eigenvalue weighted by molar-refractivity contribution is 9.10. The molecule has 0 saturated carbocycles. The number of piperidine rings is 1. The van der Waals surface area contributed by atoms with Gasteiger partial charge < -0.3 is 15.5 Å². The molecule has 0 aromatic heterocycles. The highest BCUT2D eigenvalue weighted by Gasteiger charge is 2.26. The van der Waals surface area contributed by atoms with E-state index in [9.17, 15) is 4.79 Å². The quantitative estimate of drug-likeness (QED) is 0.878. The number of amides is 1. The van der Waals surface area contributed by atoms with Crippen molar-refractivity contribution in [2.75, 3.05) is 29.9 Å². The summed E-state index contributed by atoms with van der Waals surface area (Å²) in [4.78, 5) is 14.1. The lowest BCUT2D eigenvalue weighted by molar-refractivity contribution is -0.117. The number of rotatable bonds is 2. The molecular weight excluding hydrogens is 306 g/mol. The maximum absolute atomic E-state index is 12.1. The Morgan fingerprint density at radius 2 is 2.26 bits per heavy atom. The molecule has 19 heavy (non-hydrogen) atoms. The molecule has 102 valence electrons. The summed E-state index contributed by atoms with van der Waals surface area (Å²) in [7, 11) is 0. The van der Waals surface area contributed by atoms with Crippen LogP contribution in [0.4, 0.5) is 11.4 Å². The molecule has 1 atom stereocenters. The summed E-state index contributed by atoms with van der Waals surface area (Å²) < 4.78 is 1.03. The molecule has 0 radical (unpaired) electrons. The molecule has 2 N–H and O–H groups in total. The van der Waals surface area contributed by atoms with E-state index in [2.05, 4.69) is 26.6 Å². The van der Waals surface area contributed by atoms with Crippen LogP contribution in [0.15, 0.2) is 22.7 Å². The van der Waals surface area contributed by atoms with E-state index >= 15 is 0 Å². The second-order valence-corrected chi connectivity index (χ2v) is 6.08. The number of anilines is 2. The van der Waals surface area contributed by atoms with Crippen LogP contribution in [0.1, 0.15) is 19.3 Å². The third kappa shape index (κ3) is 2.77. The summed E-state index contributed by atoms with van der Waals surface area (Å²) >= 11 is 3.47. The van der Waals surface area contributed by atoms with Gasteiger partial charge in [-0.25, -0.2) is 0 Å². The largest absolute Gasteiger partial charge is 0.374 e. The summed E-state index contributed by atoms with van der Waals surface area (Å²) in [6.07, 6.45) is 3.66. The summed E-state index contributed by atoms with van der Waals surface area (Å²) in [6, 6.07) is 6.45.